The number of halogens is 1. The van der Waals surface area contributed by atoms with Crippen molar-refractivity contribution in [2.45, 2.75) is 12.5 Å². The Labute approximate surface area is 115 Å². The number of carbonyl (C=O) groups is 1. The first-order valence-corrected chi connectivity index (χ1v) is 6.54. The first kappa shape index (κ1) is 13.0. The van der Waals surface area contributed by atoms with E-state index in [2.05, 4.69) is 15.9 Å². The van der Waals surface area contributed by atoms with Gasteiger partial charge in [-0.3, -0.25) is 4.79 Å². The zero-order valence-corrected chi connectivity index (χ0v) is 11.4. The molecule has 2 aromatic carbocycles. The van der Waals surface area contributed by atoms with Crippen molar-refractivity contribution in [2.24, 2.45) is 5.73 Å². The fraction of sp³-hybridized carbons (Fsp3) is 0.133. The summed E-state index contributed by atoms with van der Waals surface area (Å²) in [5, 5.41) is 0. The van der Waals surface area contributed by atoms with Crippen LogP contribution >= 0.6 is 15.9 Å². The average molecular weight is 304 g/mol. The Hall–Kier alpha value is -1.45. The highest BCUT2D eigenvalue weighted by atomic mass is 79.9. The summed E-state index contributed by atoms with van der Waals surface area (Å²) in [4.78, 5) is 12.1. The van der Waals surface area contributed by atoms with Crippen molar-refractivity contribution in [3.63, 3.8) is 0 Å². The van der Waals surface area contributed by atoms with Crippen LogP contribution in [0.3, 0.4) is 0 Å². The van der Waals surface area contributed by atoms with Crippen LogP contribution in [0.1, 0.15) is 17.2 Å². The first-order chi connectivity index (χ1) is 8.68. The molecule has 0 aliphatic rings. The zero-order valence-electron chi connectivity index (χ0n) is 9.84. The monoisotopic (exact) mass is 303 g/mol. The Kier molecular flexibility index (Phi) is 4.28. The quantitative estimate of drug-likeness (QED) is 0.942. The van der Waals surface area contributed by atoms with Crippen LogP contribution in [0.5, 0.6) is 0 Å². The molecule has 92 valence electrons. The van der Waals surface area contributed by atoms with Crippen LogP contribution in [0.4, 0.5) is 0 Å². The van der Waals surface area contributed by atoms with Crippen LogP contribution in [0.2, 0.25) is 0 Å². The molecule has 0 aliphatic heterocycles. The predicted octanol–water partition coefficient (Wildman–Crippen LogP) is 3.26. The number of carbonyl (C=O) groups excluding carboxylic acids is 1. The summed E-state index contributed by atoms with van der Waals surface area (Å²) >= 11 is 3.44. The Balaban J connectivity index is 2.12. The molecule has 0 amide bonds. The van der Waals surface area contributed by atoms with Crippen molar-refractivity contribution >= 4 is 21.7 Å². The minimum Gasteiger partial charge on any atom is -0.318 e. The lowest BCUT2D eigenvalue weighted by Crippen LogP contribution is -2.23. The third-order valence-electron chi connectivity index (χ3n) is 2.83. The second-order valence-corrected chi connectivity index (χ2v) is 4.98. The standard InChI is InChI=1S/C15H14BrNO/c16-13-9-5-4-8-12(13)10-14(18)15(17)11-6-2-1-3-7-11/h1-9,15H,10,17H2. The van der Waals surface area contributed by atoms with Gasteiger partial charge in [0.2, 0.25) is 0 Å². The maximum absolute atomic E-state index is 12.1. The van der Waals surface area contributed by atoms with Crippen molar-refractivity contribution in [3.8, 4) is 0 Å². The lowest BCUT2D eigenvalue weighted by molar-refractivity contribution is -0.119. The Morgan fingerprint density at radius 3 is 2.33 bits per heavy atom. The van der Waals surface area contributed by atoms with Crippen LogP contribution in [0, 0.1) is 0 Å². The van der Waals surface area contributed by atoms with Gasteiger partial charge in [-0.15, -0.1) is 0 Å². The normalized spacial score (nSPS) is 12.1. The highest BCUT2D eigenvalue weighted by Crippen LogP contribution is 2.19. The molecule has 0 aliphatic carbocycles. The van der Waals surface area contributed by atoms with Crippen LogP contribution < -0.4 is 5.73 Å². The molecule has 0 spiro atoms. The molecule has 2 N–H and O–H groups in total. The first-order valence-electron chi connectivity index (χ1n) is 5.75. The highest BCUT2D eigenvalue weighted by molar-refractivity contribution is 9.10. The number of hydrogen-bond acceptors (Lipinski definition) is 2. The molecular weight excluding hydrogens is 290 g/mol. The van der Waals surface area contributed by atoms with Crippen molar-refractivity contribution in [1.29, 1.82) is 0 Å². The van der Waals surface area contributed by atoms with E-state index in [1.165, 1.54) is 0 Å². The summed E-state index contributed by atoms with van der Waals surface area (Å²) in [5.41, 5.74) is 7.79. The van der Waals surface area contributed by atoms with E-state index in [0.717, 1.165) is 15.6 Å². The van der Waals surface area contributed by atoms with E-state index >= 15 is 0 Å². The molecule has 18 heavy (non-hydrogen) atoms. The minimum absolute atomic E-state index is 0.0214. The van der Waals surface area contributed by atoms with Crippen molar-refractivity contribution in [3.05, 3.63) is 70.2 Å². The molecule has 0 bridgehead atoms. The second kappa shape index (κ2) is 5.94. The third kappa shape index (κ3) is 3.06. The summed E-state index contributed by atoms with van der Waals surface area (Å²) in [6, 6.07) is 16.6. The SMILES string of the molecule is NC(C(=O)Cc1ccccc1Br)c1ccccc1. The largest absolute Gasteiger partial charge is 0.318 e. The molecule has 1 unspecified atom stereocenters. The fourth-order valence-corrected chi connectivity index (χ4v) is 2.21. The lowest BCUT2D eigenvalue weighted by atomic mass is 9.98. The minimum atomic E-state index is -0.557. The van der Waals surface area contributed by atoms with E-state index in [9.17, 15) is 4.79 Å². The molecule has 0 heterocycles. The average Bonchev–Trinajstić information content (AvgIpc) is 2.41. The molecule has 0 saturated heterocycles. The molecule has 0 fully saturated rings. The van der Waals surface area contributed by atoms with Gasteiger partial charge in [0.25, 0.3) is 0 Å². The van der Waals surface area contributed by atoms with Gasteiger partial charge in [-0.1, -0.05) is 64.5 Å². The van der Waals surface area contributed by atoms with Gasteiger partial charge in [-0.05, 0) is 17.2 Å². The van der Waals surface area contributed by atoms with Gasteiger partial charge in [-0.2, -0.15) is 0 Å². The van der Waals surface area contributed by atoms with E-state index in [4.69, 9.17) is 5.73 Å². The zero-order chi connectivity index (χ0) is 13.0. The van der Waals surface area contributed by atoms with Crippen LogP contribution in [0.25, 0.3) is 0 Å². The molecule has 1 atom stereocenters. The summed E-state index contributed by atoms with van der Waals surface area (Å²) in [6.45, 7) is 0. The molecular formula is C15H14BrNO. The Morgan fingerprint density at radius 1 is 1.06 bits per heavy atom. The van der Waals surface area contributed by atoms with Crippen molar-refractivity contribution in [1.82, 2.24) is 0 Å². The predicted molar refractivity (Wildman–Crippen MR) is 76.2 cm³/mol. The highest BCUT2D eigenvalue weighted by Gasteiger charge is 2.16. The van der Waals surface area contributed by atoms with Gasteiger partial charge in [0.1, 0.15) is 0 Å². The third-order valence-corrected chi connectivity index (χ3v) is 3.60. The molecule has 0 saturated carbocycles. The number of benzene rings is 2. The van der Waals surface area contributed by atoms with Crippen molar-refractivity contribution in [2.75, 3.05) is 0 Å². The summed E-state index contributed by atoms with van der Waals surface area (Å²) in [6.07, 6.45) is 0.345. The van der Waals surface area contributed by atoms with Gasteiger partial charge in [0.05, 0.1) is 6.04 Å². The van der Waals surface area contributed by atoms with Gasteiger partial charge in [-0.25, -0.2) is 0 Å². The van der Waals surface area contributed by atoms with E-state index in [0.29, 0.717) is 6.42 Å². The molecule has 0 radical (unpaired) electrons. The van der Waals surface area contributed by atoms with Gasteiger partial charge >= 0.3 is 0 Å². The van der Waals surface area contributed by atoms with E-state index in [1.54, 1.807) is 0 Å². The van der Waals surface area contributed by atoms with Gasteiger partial charge < -0.3 is 5.73 Å². The second-order valence-electron chi connectivity index (χ2n) is 4.12. The fourth-order valence-electron chi connectivity index (χ4n) is 1.79. The number of ketones is 1. The van der Waals surface area contributed by atoms with Crippen LogP contribution in [0.15, 0.2) is 59.1 Å². The number of rotatable bonds is 4. The van der Waals surface area contributed by atoms with E-state index in [1.807, 2.05) is 54.6 Å². The summed E-state index contributed by atoms with van der Waals surface area (Å²) in [5.74, 6) is 0.0214. The van der Waals surface area contributed by atoms with Crippen LogP contribution in [-0.4, -0.2) is 5.78 Å². The maximum Gasteiger partial charge on any atom is 0.158 e. The Morgan fingerprint density at radius 2 is 1.67 bits per heavy atom. The molecule has 3 heteroatoms. The number of nitrogens with two attached hydrogens (primary N) is 1. The number of hydrogen-bond donors (Lipinski definition) is 1. The maximum atomic E-state index is 12.1. The number of Topliss-reactive ketones (excluding diaryl/α,β-unsaturated/α-hetero) is 1. The molecule has 2 aromatic rings. The molecule has 0 aromatic heterocycles. The smallest absolute Gasteiger partial charge is 0.158 e. The summed E-state index contributed by atoms with van der Waals surface area (Å²) < 4.78 is 0.943. The van der Waals surface area contributed by atoms with Crippen molar-refractivity contribution < 1.29 is 4.79 Å². The Bertz CT molecular complexity index is 539. The molecule has 2 rings (SSSR count). The summed E-state index contributed by atoms with van der Waals surface area (Å²) in [7, 11) is 0. The van der Waals surface area contributed by atoms with Gasteiger partial charge in [0.15, 0.2) is 5.78 Å². The van der Waals surface area contributed by atoms with E-state index in [-0.39, 0.29) is 5.78 Å². The topological polar surface area (TPSA) is 43.1 Å². The van der Waals surface area contributed by atoms with Gasteiger partial charge in [0, 0.05) is 10.9 Å². The molecule has 2 nitrogen and oxygen atoms in total. The van der Waals surface area contributed by atoms with Crippen LogP contribution in [-0.2, 0) is 11.2 Å². The lowest BCUT2D eigenvalue weighted by Gasteiger charge is -2.11. The van der Waals surface area contributed by atoms with E-state index < -0.39 is 6.04 Å².